The number of aromatic nitrogens is 5. The summed E-state index contributed by atoms with van der Waals surface area (Å²) in [6.45, 7) is 8.27. The van der Waals surface area contributed by atoms with Gasteiger partial charge in [-0.25, -0.2) is 19.5 Å². The van der Waals surface area contributed by atoms with Gasteiger partial charge in [0.2, 0.25) is 0 Å². The van der Waals surface area contributed by atoms with Crippen molar-refractivity contribution >= 4 is 18.2 Å². The second-order valence-electron chi connectivity index (χ2n) is 14.7. The Labute approximate surface area is 315 Å². The average Bonchev–Trinajstić information content (AvgIpc) is 3.75. The molecule has 0 atom stereocenters. The van der Waals surface area contributed by atoms with E-state index in [0.29, 0.717) is 11.6 Å². The third kappa shape index (κ3) is 6.29. The van der Waals surface area contributed by atoms with Crippen LogP contribution in [0.2, 0.25) is 0 Å². The highest BCUT2D eigenvalue weighted by Gasteiger charge is 2.51. The van der Waals surface area contributed by atoms with Crippen molar-refractivity contribution in [3.8, 4) is 67.5 Å². The lowest BCUT2D eigenvalue weighted by atomic mass is 9.77. The topological polar surface area (TPSA) is 74.4 Å². The fourth-order valence-electron chi connectivity index (χ4n) is 6.84. The fourth-order valence-corrected chi connectivity index (χ4v) is 6.84. The second kappa shape index (κ2) is 13.3. The molecular formula is C46H38BN5O2. The summed E-state index contributed by atoms with van der Waals surface area (Å²) in [6.07, 6.45) is 1.93. The van der Waals surface area contributed by atoms with Gasteiger partial charge >= 0.3 is 7.12 Å². The van der Waals surface area contributed by atoms with E-state index in [-0.39, 0.29) is 0 Å². The molecule has 1 aliphatic heterocycles. The van der Waals surface area contributed by atoms with Crippen LogP contribution in [0.1, 0.15) is 27.7 Å². The Balaban J connectivity index is 1.21. The van der Waals surface area contributed by atoms with Crippen molar-refractivity contribution < 1.29 is 9.31 Å². The third-order valence-electron chi connectivity index (χ3n) is 10.5. The van der Waals surface area contributed by atoms with Crippen LogP contribution in [0.5, 0.6) is 0 Å². The predicted octanol–water partition coefficient (Wildman–Crippen LogP) is 9.82. The molecule has 9 rings (SSSR count). The normalized spacial score (nSPS) is 14.8. The molecule has 0 amide bonds. The van der Waals surface area contributed by atoms with Gasteiger partial charge in [0.1, 0.15) is 0 Å². The summed E-state index contributed by atoms with van der Waals surface area (Å²) >= 11 is 0. The van der Waals surface area contributed by atoms with Crippen molar-refractivity contribution in [1.29, 1.82) is 0 Å². The second-order valence-corrected chi connectivity index (χ2v) is 14.7. The van der Waals surface area contributed by atoms with E-state index in [0.717, 1.165) is 61.4 Å². The van der Waals surface area contributed by atoms with Gasteiger partial charge in [0, 0.05) is 34.0 Å². The first-order valence-electron chi connectivity index (χ1n) is 18.2. The zero-order chi connectivity index (χ0) is 36.9. The molecule has 0 spiro atoms. The van der Waals surface area contributed by atoms with Crippen molar-refractivity contribution in [3.05, 3.63) is 158 Å². The van der Waals surface area contributed by atoms with Crippen molar-refractivity contribution in [1.82, 2.24) is 24.6 Å². The molecule has 1 fully saturated rings. The summed E-state index contributed by atoms with van der Waals surface area (Å²) in [4.78, 5) is 15.4. The van der Waals surface area contributed by atoms with E-state index >= 15 is 0 Å². The number of rotatable bonds is 7. The van der Waals surface area contributed by atoms with Crippen LogP contribution in [0.4, 0.5) is 0 Å². The number of benzene rings is 5. The zero-order valence-corrected chi connectivity index (χ0v) is 30.6. The van der Waals surface area contributed by atoms with Gasteiger partial charge in [-0.05, 0) is 74.1 Å². The molecule has 0 bridgehead atoms. The monoisotopic (exact) mass is 703 g/mol. The number of hydrogen-bond acceptors (Lipinski definition) is 6. The molecule has 8 aromatic rings. The predicted molar refractivity (Wildman–Crippen MR) is 217 cm³/mol. The van der Waals surface area contributed by atoms with Gasteiger partial charge in [0.25, 0.3) is 0 Å². The largest absolute Gasteiger partial charge is 0.494 e. The van der Waals surface area contributed by atoms with E-state index in [9.17, 15) is 0 Å². The summed E-state index contributed by atoms with van der Waals surface area (Å²) < 4.78 is 15.0. The molecule has 1 aliphatic rings. The standard InChI is InChI=1S/C46H38BN5O2/c1-45(2)46(3,4)54-47(53-45)38-28-36(27-37(29-38)43-50-44-39(21-14-26-52(44)51-43)33-17-10-6-11-18-33)41-30-40(48-42(49-41)35-19-12-7-13-20-35)34-24-22-32(23-25-34)31-15-8-5-9-16-31/h5-30H,1-4H3. The first-order chi connectivity index (χ1) is 26.2. The number of pyridine rings is 1. The summed E-state index contributed by atoms with van der Waals surface area (Å²) in [5.41, 5.74) is 10.2. The molecule has 0 radical (unpaired) electrons. The van der Waals surface area contributed by atoms with Crippen molar-refractivity contribution in [3.63, 3.8) is 0 Å². The van der Waals surface area contributed by atoms with Crippen LogP contribution in [0.25, 0.3) is 73.2 Å². The lowest BCUT2D eigenvalue weighted by Crippen LogP contribution is -2.41. The van der Waals surface area contributed by atoms with Gasteiger partial charge in [0.05, 0.1) is 22.6 Å². The molecule has 3 aromatic heterocycles. The van der Waals surface area contributed by atoms with E-state index in [2.05, 4.69) is 119 Å². The molecule has 5 aromatic carbocycles. The zero-order valence-electron chi connectivity index (χ0n) is 30.6. The molecule has 4 heterocycles. The summed E-state index contributed by atoms with van der Waals surface area (Å²) in [6, 6.07) is 51.7. The van der Waals surface area contributed by atoms with Gasteiger partial charge in [-0.1, -0.05) is 127 Å². The Morgan fingerprint density at radius 3 is 1.65 bits per heavy atom. The minimum Gasteiger partial charge on any atom is -0.399 e. The summed E-state index contributed by atoms with van der Waals surface area (Å²) in [5, 5.41) is 4.98. The quantitative estimate of drug-likeness (QED) is 0.154. The van der Waals surface area contributed by atoms with E-state index in [1.54, 1.807) is 0 Å². The minimum absolute atomic E-state index is 0.520. The Morgan fingerprint density at radius 1 is 0.463 bits per heavy atom. The van der Waals surface area contributed by atoms with E-state index in [4.69, 9.17) is 29.4 Å². The van der Waals surface area contributed by atoms with Gasteiger partial charge in [-0.2, -0.15) is 0 Å². The Bertz CT molecular complexity index is 2590. The molecule has 0 unspecified atom stereocenters. The molecule has 1 saturated heterocycles. The van der Waals surface area contributed by atoms with Gasteiger partial charge in [-0.15, -0.1) is 5.10 Å². The average molecular weight is 704 g/mol. The van der Waals surface area contributed by atoms with Crippen LogP contribution < -0.4 is 5.46 Å². The van der Waals surface area contributed by atoms with Crippen LogP contribution in [0.15, 0.2) is 158 Å². The minimum atomic E-state index is -0.606. The molecule has 54 heavy (non-hydrogen) atoms. The lowest BCUT2D eigenvalue weighted by Gasteiger charge is -2.32. The highest BCUT2D eigenvalue weighted by Crippen LogP contribution is 2.38. The number of fused-ring (bicyclic) bond motifs is 1. The molecule has 7 nitrogen and oxygen atoms in total. The maximum Gasteiger partial charge on any atom is 0.494 e. The van der Waals surface area contributed by atoms with Crippen LogP contribution >= 0.6 is 0 Å². The Hall–Kier alpha value is -6.22. The highest BCUT2D eigenvalue weighted by molar-refractivity contribution is 6.62. The smallest absolute Gasteiger partial charge is 0.399 e. The molecule has 0 aliphatic carbocycles. The maximum absolute atomic E-state index is 6.60. The van der Waals surface area contributed by atoms with Crippen molar-refractivity contribution in [2.75, 3.05) is 0 Å². The summed E-state index contributed by atoms with van der Waals surface area (Å²) in [5.74, 6) is 1.23. The van der Waals surface area contributed by atoms with Crippen LogP contribution in [-0.2, 0) is 9.31 Å². The maximum atomic E-state index is 6.60. The van der Waals surface area contributed by atoms with E-state index in [1.807, 2.05) is 71.4 Å². The molecule has 0 saturated carbocycles. The molecule has 262 valence electrons. The van der Waals surface area contributed by atoms with Gasteiger partial charge in [-0.3, -0.25) is 0 Å². The highest BCUT2D eigenvalue weighted by atomic mass is 16.7. The SMILES string of the molecule is CC1(C)OB(c2cc(-c3cc(-c4ccc(-c5ccccc5)cc4)nc(-c4ccccc4)n3)cc(-c3nc4c(-c5ccccc5)cccn4n3)c2)OC1(C)C. The molecule has 8 heteroatoms. The van der Waals surface area contributed by atoms with E-state index < -0.39 is 18.3 Å². The number of hydrogen-bond donors (Lipinski definition) is 0. The Kier molecular flexibility index (Phi) is 8.29. The van der Waals surface area contributed by atoms with Gasteiger partial charge < -0.3 is 9.31 Å². The first kappa shape index (κ1) is 33.6. The van der Waals surface area contributed by atoms with Crippen molar-refractivity contribution in [2.24, 2.45) is 0 Å². The Morgan fingerprint density at radius 2 is 1.00 bits per heavy atom. The third-order valence-corrected chi connectivity index (χ3v) is 10.5. The van der Waals surface area contributed by atoms with Gasteiger partial charge in [0.15, 0.2) is 17.3 Å². The van der Waals surface area contributed by atoms with Crippen LogP contribution in [0.3, 0.4) is 0 Å². The number of nitrogens with zero attached hydrogens (tertiary/aromatic N) is 5. The lowest BCUT2D eigenvalue weighted by molar-refractivity contribution is 0.00578. The van der Waals surface area contributed by atoms with Crippen LogP contribution in [0, 0.1) is 0 Å². The fraction of sp³-hybridized carbons (Fsp3) is 0.130. The summed E-state index contributed by atoms with van der Waals surface area (Å²) in [7, 11) is -0.606. The molecular weight excluding hydrogens is 665 g/mol. The van der Waals surface area contributed by atoms with E-state index in [1.165, 1.54) is 5.56 Å². The van der Waals surface area contributed by atoms with Crippen LogP contribution in [-0.4, -0.2) is 42.9 Å². The molecule has 0 N–H and O–H groups in total. The first-order valence-corrected chi connectivity index (χ1v) is 18.2. The van der Waals surface area contributed by atoms with Crippen molar-refractivity contribution in [2.45, 2.75) is 38.9 Å².